The number of amides is 1. The Bertz CT molecular complexity index is 1050. The molecule has 0 aliphatic heterocycles. The summed E-state index contributed by atoms with van der Waals surface area (Å²) in [6, 6.07) is 13.0. The van der Waals surface area contributed by atoms with Crippen molar-refractivity contribution in [2.75, 3.05) is 18.0 Å². The molecule has 0 radical (unpaired) electrons. The summed E-state index contributed by atoms with van der Waals surface area (Å²) in [4.78, 5) is 15.5. The third kappa shape index (κ3) is 4.15. The number of sulfonamides is 1. The van der Waals surface area contributed by atoms with Gasteiger partial charge in [0.1, 0.15) is 5.75 Å². The molecule has 0 saturated heterocycles. The van der Waals surface area contributed by atoms with Gasteiger partial charge in [-0.2, -0.15) is 0 Å². The summed E-state index contributed by atoms with van der Waals surface area (Å²) >= 11 is 1.24. The molecular weight excluding hydrogens is 398 g/mol. The van der Waals surface area contributed by atoms with E-state index in [0.29, 0.717) is 17.3 Å². The van der Waals surface area contributed by atoms with Gasteiger partial charge in [-0.15, -0.1) is 11.3 Å². The Morgan fingerprint density at radius 3 is 2.50 bits per heavy atom. The molecule has 1 heterocycles. The highest BCUT2D eigenvalue weighted by molar-refractivity contribution is 7.93. The number of aromatic nitrogens is 1. The number of benzene rings is 2. The van der Waals surface area contributed by atoms with E-state index in [-0.39, 0.29) is 17.0 Å². The fourth-order valence-electron chi connectivity index (χ4n) is 2.71. The minimum atomic E-state index is -3.87. The largest absolute Gasteiger partial charge is 0.496 e. The van der Waals surface area contributed by atoms with Crippen molar-refractivity contribution in [3.05, 3.63) is 71.2 Å². The Hall–Kier alpha value is -2.91. The van der Waals surface area contributed by atoms with Crippen molar-refractivity contribution in [3.63, 3.8) is 0 Å². The number of hydrogen-bond acceptors (Lipinski definition) is 6. The van der Waals surface area contributed by atoms with Gasteiger partial charge in [0.05, 0.1) is 12.0 Å². The maximum absolute atomic E-state index is 13.2. The minimum absolute atomic E-state index is 0.0627. The van der Waals surface area contributed by atoms with E-state index in [1.807, 2.05) is 24.3 Å². The Kier molecular flexibility index (Phi) is 5.96. The molecule has 0 saturated carbocycles. The first-order chi connectivity index (χ1) is 13.4. The van der Waals surface area contributed by atoms with Crippen LogP contribution in [-0.4, -0.2) is 33.0 Å². The average molecular weight is 418 g/mol. The quantitative estimate of drug-likeness (QED) is 0.607. The summed E-state index contributed by atoms with van der Waals surface area (Å²) in [5.41, 5.74) is 6.37. The Labute approximate surface area is 167 Å². The second-order valence-electron chi connectivity index (χ2n) is 5.84. The molecule has 3 rings (SSSR count). The number of para-hydroxylation sites is 1. The van der Waals surface area contributed by atoms with Crippen molar-refractivity contribution >= 4 is 32.4 Å². The highest BCUT2D eigenvalue weighted by Gasteiger charge is 2.27. The van der Waals surface area contributed by atoms with Gasteiger partial charge in [0.15, 0.2) is 5.13 Å². The van der Waals surface area contributed by atoms with Crippen LogP contribution in [0, 0.1) is 0 Å². The number of nitrogens with zero attached hydrogens (tertiary/aromatic N) is 2. The van der Waals surface area contributed by atoms with Gasteiger partial charge in [-0.3, -0.25) is 4.79 Å². The van der Waals surface area contributed by atoms with Crippen LogP contribution in [0.25, 0.3) is 0 Å². The number of carbonyl (C=O) groups is 1. The molecule has 146 valence electrons. The van der Waals surface area contributed by atoms with Gasteiger partial charge in [-0.1, -0.05) is 18.2 Å². The highest BCUT2D eigenvalue weighted by atomic mass is 32.2. The molecule has 0 atom stereocenters. The van der Waals surface area contributed by atoms with Crippen LogP contribution in [0.1, 0.15) is 15.9 Å². The van der Waals surface area contributed by atoms with Gasteiger partial charge in [-0.25, -0.2) is 17.7 Å². The molecule has 7 nitrogen and oxygen atoms in total. The molecule has 28 heavy (non-hydrogen) atoms. The SMILES string of the molecule is COc1ccccc1CCN(c1nccs1)S(=O)(=O)c1ccc(C(N)=O)cc1. The fraction of sp³-hybridized carbons (Fsp3) is 0.158. The molecule has 2 N–H and O–H groups in total. The first-order valence-corrected chi connectivity index (χ1v) is 10.7. The number of ether oxygens (including phenoxy) is 1. The normalized spacial score (nSPS) is 11.2. The molecule has 0 bridgehead atoms. The highest BCUT2D eigenvalue weighted by Crippen LogP contribution is 2.27. The third-order valence-electron chi connectivity index (χ3n) is 4.14. The van der Waals surface area contributed by atoms with Crippen molar-refractivity contribution in [1.29, 1.82) is 0 Å². The Morgan fingerprint density at radius 1 is 1.18 bits per heavy atom. The summed E-state index contributed by atoms with van der Waals surface area (Å²) in [7, 11) is -2.29. The number of methoxy groups -OCH3 is 1. The van der Waals surface area contributed by atoms with E-state index < -0.39 is 15.9 Å². The molecule has 0 fully saturated rings. The van der Waals surface area contributed by atoms with Gasteiger partial charge in [-0.05, 0) is 42.3 Å². The monoisotopic (exact) mass is 417 g/mol. The Morgan fingerprint density at radius 2 is 1.89 bits per heavy atom. The van der Waals surface area contributed by atoms with Crippen molar-refractivity contribution in [3.8, 4) is 5.75 Å². The van der Waals surface area contributed by atoms with Crippen LogP contribution in [-0.2, 0) is 16.4 Å². The van der Waals surface area contributed by atoms with Gasteiger partial charge in [0, 0.05) is 23.7 Å². The number of anilines is 1. The summed E-state index contributed by atoms with van der Waals surface area (Å²) in [6.45, 7) is 0.188. The minimum Gasteiger partial charge on any atom is -0.496 e. The number of carbonyl (C=O) groups excluding carboxylic acids is 1. The van der Waals surface area contributed by atoms with E-state index in [9.17, 15) is 13.2 Å². The van der Waals surface area contributed by atoms with Crippen LogP contribution >= 0.6 is 11.3 Å². The van der Waals surface area contributed by atoms with Crippen molar-refractivity contribution in [1.82, 2.24) is 4.98 Å². The van der Waals surface area contributed by atoms with Crippen LogP contribution in [0.15, 0.2) is 65.0 Å². The number of nitrogens with two attached hydrogens (primary N) is 1. The van der Waals surface area contributed by atoms with Crippen LogP contribution in [0.3, 0.4) is 0 Å². The van der Waals surface area contributed by atoms with Gasteiger partial charge in [0.25, 0.3) is 10.0 Å². The molecule has 3 aromatic rings. The first kappa shape index (κ1) is 19.8. The van der Waals surface area contributed by atoms with Crippen molar-refractivity contribution in [2.24, 2.45) is 5.73 Å². The molecule has 1 aromatic heterocycles. The number of primary amides is 1. The molecule has 9 heteroatoms. The smallest absolute Gasteiger partial charge is 0.266 e. The number of thiazole rings is 1. The predicted octanol–water partition coefficient (Wildman–Crippen LogP) is 2.69. The van der Waals surface area contributed by atoms with E-state index in [0.717, 1.165) is 5.56 Å². The predicted molar refractivity (Wildman–Crippen MR) is 108 cm³/mol. The van der Waals surface area contributed by atoms with Crippen molar-refractivity contribution < 1.29 is 17.9 Å². The lowest BCUT2D eigenvalue weighted by Crippen LogP contribution is -2.33. The lowest BCUT2D eigenvalue weighted by Gasteiger charge is -2.22. The summed E-state index contributed by atoms with van der Waals surface area (Å²) in [5.74, 6) is 0.0849. The maximum atomic E-state index is 13.2. The fourth-order valence-corrected chi connectivity index (χ4v) is 5.02. The maximum Gasteiger partial charge on any atom is 0.266 e. The number of hydrogen-bond donors (Lipinski definition) is 1. The molecule has 0 spiro atoms. The molecule has 0 aliphatic carbocycles. The van der Waals surface area contributed by atoms with Crippen LogP contribution < -0.4 is 14.8 Å². The summed E-state index contributed by atoms with van der Waals surface area (Å²) in [6.07, 6.45) is 2.00. The molecule has 1 amide bonds. The van der Waals surface area contributed by atoms with Crippen molar-refractivity contribution in [2.45, 2.75) is 11.3 Å². The van der Waals surface area contributed by atoms with E-state index >= 15 is 0 Å². The van der Waals surface area contributed by atoms with Gasteiger partial charge >= 0.3 is 0 Å². The second kappa shape index (κ2) is 8.41. The Balaban J connectivity index is 1.92. The number of rotatable bonds is 8. The molecular formula is C19H19N3O4S2. The van der Waals surface area contributed by atoms with Crippen LogP contribution in [0.2, 0.25) is 0 Å². The van der Waals surface area contributed by atoms with E-state index in [2.05, 4.69) is 4.98 Å². The first-order valence-electron chi connectivity index (χ1n) is 8.37. The topological polar surface area (TPSA) is 103 Å². The molecule has 2 aromatic carbocycles. The lowest BCUT2D eigenvalue weighted by molar-refractivity contribution is 0.1000. The molecule has 0 unspecified atom stereocenters. The average Bonchev–Trinajstić information content (AvgIpc) is 3.22. The second-order valence-corrected chi connectivity index (χ2v) is 8.58. The van der Waals surface area contributed by atoms with E-state index in [1.165, 1.54) is 39.9 Å². The van der Waals surface area contributed by atoms with E-state index in [4.69, 9.17) is 10.5 Å². The summed E-state index contributed by atoms with van der Waals surface area (Å²) in [5, 5.41) is 2.09. The van der Waals surface area contributed by atoms with Crippen LogP contribution in [0.5, 0.6) is 5.75 Å². The standard InChI is InChI=1S/C19H19N3O4S2/c1-26-17-5-3-2-4-14(17)10-12-22(19-21-11-13-27-19)28(24,25)16-8-6-15(7-9-16)18(20)23/h2-9,11,13H,10,12H2,1H3,(H2,20,23). The third-order valence-corrected chi connectivity index (χ3v) is 6.85. The lowest BCUT2D eigenvalue weighted by atomic mass is 10.1. The van der Waals surface area contributed by atoms with Crippen LogP contribution in [0.4, 0.5) is 5.13 Å². The zero-order valence-corrected chi connectivity index (χ0v) is 16.7. The zero-order valence-electron chi connectivity index (χ0n) is 15.1. The summed E-state index contributed by atoms with van der Waals surface area (Å²) < 4.78 is 33.1. The zero-order chi connectivity index (χ0) is 20.1. The van der Waals surface area contributed by atoms with E-state index in [1.54, 1.807) is 18.7 Å². The van der Waals surface area contributed by atoms with Gasteiger partial charge in [0.2, 0.25) is 5.91 Å². The molecule has 0 aliphatic rings. The van der Waals surface area contributed by atoms with Gasteiger partial charge < -0.3 is 10.5 Å².